The number of nitriles is 1. The van der Waals surface area contributed by atoms with Crippen LogP contribution in [0.1, 0.15) is 21.5 Å². The van der Waals surface area contributed by atoms with Crippen molar-refractivity contribution in [3.05, 3.63) is 96.9 Å². The Labute approximate surface area is 206 Å². The molecule has 0 unspecified atom stereocenters. The standard InChI is InChI=1S/C24H15Br2ClN2O3/c1-14-10-20(25)22(21(26)11-14)29-23(30)17(13-28)12-15-2-8-19(9-3-15)32-24(31)16-4-6-18(27)7-5-16/h2-12H,1H3,(H,29,30)/b17-12+. The fraction of sp³-hybridized carbons (Fsp3) is 0.0417. The number of aryl methyl sites for hydroxylation is 1. The summed E-state index contributed by atoms with van der Waals surface area (Å²) in [6.07, 6.45) is 1.45. The van der Waals surface area contributed by atoms with E-state index in [2.05, 4.69) is 37.2 Å². The molecule has 32 heavy (non-hydrogen) atoms. The number of nitrogens with zero attached hydrogens (tertiary/aromatic N) is 1. The Bertz CT molecular complexity index is 1220. The van der Waals surface area contributed by atoms with Crippen LogP contribution in [0.15, 0.2) is 75.2 Å². The number of esters is 1. The Morgan fingerprint density at radius 1 is 1.03 bits per heavy atom. The van der Waals surface area contributed by atoms with Gasteiger partial charge in [0.15, 0.2) is 0 Å². The van der Waals surface area contributed by atoms with Gasteiger partial charge in [0.2, 0.25) is 0 Å². The second-order valence-electron chi connectivity index (χ2n) is 6.69. The summed E-state index contributed by atoms with van der Waals surface area (Å²) in [7, 11) is 0. The van der Waals surface area contributed by atoms with E-state index in [0.717, 1.165) is 5.56 Å². The summed E-state index contributed by atoms with van der Waals surface area (Å²) in [5.74, 6) is -0.732. The molecule has 8 heteroatoms. The first-order valence-corrected chi connectivity index (χ1v) is 11.2. The SMILES string of the molecule is Cc1cc(Br)c(NC(=O)/C(C#N)=C/c2ccc(OC(=O)c3ccc(Cl)cc3)cc2)c(Br)c1. The van der Waals surface area contributed by atoms with Gasteiger partial charge in [0, 0.05) is 14.0 Å². The molecule has 1 amide bonds. The molecule has 3 aromatic carbocycles. The molecule has 0 aliphatic carbocycles. The smallest absolute Gasteiger partial charge is 0.343 e. The van der Waals surface area contributed by atoms with Crippen LogP contribution in [0.2, 0.25) is 5.02 Å². The number of ether oxygens (including phenoxy) is 1. The first-order chi connectivity index (χ1) is 15.3. The zero-order chi connectivity index (χ0) is 23.3. The van der Waals surface area contributed by atoms with Gasteiger partial charge >= 0.3 is 5.97 Å². The van der Waals surface area contributed by atoms with Gasteiger partial charge in [0.05, 0.1) is 11.3 Å². The third-order valence-electron chi connectivity index (χ3n) is 4.27. The van der Waals surface area contributed by atoms with E-state index in [1.807, 2.05) is 25.1 Å². The number of carbonyl (C=O) groups excluding carboxylic acids is 2. The van der Waals surface area contributed by atoms with Crippen molar-refractivity contribution in [2.75, 3.05) is 5.32 Å². The molecule has 0 heterocycles. The molecule has 160 valence electrons. The van der Waals surface area contributed by atoms with E-state index in [1.54, 1.807) is 48.5 Å². The number of carbonyl (C=O) groups is 2. The van der Waals surface area contributed by atoms with E-state index in [4.69, 9.17) is 16.3 Å². The summed E-state index contributed by atoms with van der Waals surface area (Å²) in [5.41, 5.74) is 2.44. The second-order valence-corrected chi connectivity index (χ2v) is 8.84. The molecule has 0 atom stereocenters. The number of nitrogens with one attached hydrogen (secondary N) is 1. The minimum absolute atomic E-state index is 0.0738. The highest BCUT2D eigenvalue weighted by Gasteiger charge is 2.14. The maximum absolute atomic E-state index is 12.6. The van der Waals surface area contributed by atoms with Crippen molar-refractivity contribution in [2.45, 2.75) is 6.92 Å². The van der Waals surface area contributed by atoms with E-state index in [-0.39, 0.29) is 5.57 Å². The highest BCUT2D eigenvalue weighted by molar-refractivity contribution is 9.11. The highest BCUT2D eigenvalue weighted by Crippen LogP contribution is 2.32. The molecule has 3 rings (SSSR count). The summed E-state index contributed by atoms with van der Waals surface area (Å²) < 4.78 is 6.72. The average Bonchev–Trinajstić information content (AvgIpc) is 2.76. The van der Waals surface area contributed by atoms with Crippen molar-refractivity contribution < 1.29 is 14.3 Å². The average molecular weight is 575 g/mol. The van der Waals surface area contributed by atoms with E-state index < -0.39 is 11.9 Å². The predicted octanol–water partition coefficient (Wildman–Crippen LogP) is 6.94. The lowest BCUT2D eigenvalue weighted by Gasteiger charge is -2.10. The summed E-state index contributed by atoms with van der Waals surface area (Å²) in [6.45, 7) is 1.93. The molecule has 0 aromatic heterocycles. The Morgan fingerprint density at radius 3 is 2.19 bits per heavy atom. The lowest BCUT2D eigenvalue weighted by molar-refractivity contribution is -0.112. The Hall–Kier alpha value is -2.92. The second kappa shape index (κ2) is 10.6. The zero-order valence-electron chi connectivity index (χ0n) is 16.7. The summed E-state index contributed by atoms with van der Waals surface area (Å²) in [4.78, 5) is 24.8. The third-order valence-corrected chi connectivity index (χ3v) is 5.77. The molecular weight excluding hydrogens is 560 g/mol. The number of benzene rings is 3. The molecule has 0 aliphatic heterocycles. The number of amides is 1. The maximum Gasteiger partial charge on any atom is 0.343 e. The third kappa shape index (κ3) is 6.07. The minimum atomic E-state index is -0.545. The van der Waals surface area contributed by atoms with Crippen LogP contribution in [0.5, 0.6) is 5.75 Å². The Kier molecular flexibility index (Phi) is 7.86. The van der Waals surface area contributed by atoms with Gasteiger partial charge in [-0.3, -0.25) is 4.79 Å². The van der Waals surface area contributed by atoms with Crippen LogP contribution < -0.4 is 10.1 Å². The van der Waals surface area contributed by atoms with Gasteiger partial charge < -0.3 is 10.1 Å². The summed E-state index contributed by atoms with van der Waals surface area (Å²) >= 11 is 12.7. The normalized spacial score (nSPS) is 10.9. The van der Waals surface area contributed by atoms with Gasteiger partial charge in [-0.2, -0.15) is 5.26 Å². The van der Waals surface area contributed by atoms with E-state index in [0.29, 0.717) is 36.5 Å². The van der Waals surface area contributed by atoms with Crippen molar-refractivity contribution in [1.29, 1.82) is 5.26 Å². The number of anilines is 1. The number of halogens is 3. The quantitative estimate of drug-likeness (QED) is 0.155. The van der Waals surface area contributed by atoms with Gasteiger partial charge in [-0.1, -0.05) is 23.7 Å². The van der Waals surface area contributed by atoms with Crippen molar-refractivity contribution in [1.82, 2.24) is 0 Å². The van der Waals surface area contributed by atoms with Crippen LogP contribution in [0.3, 0.4) is 0 Å². The van der Waals surface area contributed by atoms with Crippen LogP contribution in [-0.4, -0.2) is 11.9 Å². The Balaban J connectivity index is 1.72. The summed E-state index contributed by atoms with van der Waals surface area (Å²) in [5, 5.41) is 12.7. The molecule has 0 saturated carbocycles. The maximum atomic E-state index is 12.6. The molecule has 3 aromatic rings. The molecule has 0 radical (unpaired) electrons. The minimum Gasteiger partial charge on any atom is -0.423 e. The van der Waals surface area contributed by atoms with Crippen LogP contribution in [-0.2, 0) is 4.79 Å². The topological polar surface area (TPSA) is 79.2 Å². The molecule has 0 bridgehead atoms. The predicted molar refractivity (Wildman–Crippen MR) is 132 cm³/mol. The number of hydrogen-bond acceptors (Lipinski definition) is 4. The van der Waals surface area contributed by atoms with Gasteiger partial charge in [0.1, 0.15) is 17.4 Å². The zero-order valence-corrected chi connectivity index (χ0v) is 20.6. The Morgan fingerprint density at radius 2 is 1.62 bits per heavy atom. The van der Waals surface area contributed by atoms with Gasteiger partial charge in [-0.15, -0.1) is 0 Å². The van der Waals surface area contributed by atoms with Crippen molar-refractivity contribution in [2.24, 2.45) is 0 Å². The largest absolute Gasteiger partial charge is 0.423 e. The number of rotatable bonds is 5. The van der Waals surface area contributed by atoms with Gasteiger partial charge in [-0.05, 0) is 105 Å². The van der Waals surface area contributed by atoms with E-state index in [9.17, 15) is 14.9 Å². The molecule has 0 fully saturated rings. The van der Waals surface area contributed by atoms with Crippen molar-refractivity contribution in [3.8, 4) is 11.8 Å². The lowest BCUT2D eigenvalue weighted by atomic mass is 10.1. The monoisotopic (exact) mass is 572 g/mol. The first kappa shape index (κ1) is 23.7. The molecular formula is C24H15Br2ClN2O3. The van der Waals surface area contributed by atoms with E-state index in [1.165, 1.54) is 6.08 Å². The highest BCUT2D eigenvalue weighted by atomic mass is 79.9. The van der Waals surface area contributed by atoms with Crippen LogP contribution in [0, 0.1) is 18.3 Å². The number of hydrogen-bond donors (Lipinski definition) is 1. The van der Waals surface area contributed by atoms with Crippen LogP contribution in [0.4, 0.5) is 5.69 Å². The fourth-order valence-electron chi connectivity index (χ4n) is 2.70. The van der Waals surface area contributed by atoms with Crippen LogP contribution >= 0.6 is 43.5 Å². The lowest BCUT2D eigenvalue weighted by Crippen LogP contribution is -2.14. The molecule has 0 spiro atoms. The first-order valence-electron chi connectivity index (χ1n) is 9.23. The molecule has 5 nitrogen and oxygen atoms in total. The van der Waals surface area contributed by atoms with Gasteiger partial charge in [0.25, 0.3) is 5.91 Å². The summed E-state index contributed by atoms with van der Waals surface area (Å²) in [6, 6.07) is 18.5. The van der Waals surface area contributed by atoms with Crippen molar-refractivity contribution >= 4 is 67.1 Å². The molecule has 1 N–H and O–H groups in total. The van der Waals surface area contributed by atoms with Crippen molar-refractivity contribution in [3.63, 3.8) is 0 Å². The van der Waals surface area contributed by atoms with E-state index >= 15 is 0 Å². The van der Waals surface area contributed by atoms with Crippen LogP contribution in [0.25, 0.3) is 6.08 Å². The molecule has 0 aliphatic rings. The van der Waals surface area contributed by atoms with Gasteiger partial charge in [-0.25, -0.2) is 4.79 Å². The molecule has 0 saturated heterocycles. The fourth-order valence-corrected chi connectivity index (χ4v) is 4.44.